The van der Waals surface area contributed by atoms with Gasteiger partial charge >= 0.3 is 18.4 Å². The van der Waals surface area contributed by atoms with Gasteiger partial charge in [0.25, 0.3) is 0 Å². The Balaban J connectivity index is 0.00000400. The Morgan fingerprint density at radius 1 is 1.00 bits per heavy atom. The van der Waals surface area contributed by atoms with E-state index in [0.717, 1.165) is 23.6 Å². The highest BCUT2D eigenvalue weighted by Gasteiger charge is 2.39. The lowest BCUT2D eigenvalue weighted by atomic mass is 10.2. The van der Waals surface area contributed by atoms with Crippen molar-refractivity contribution in [3.8, 4) is 11.5 Å². The maximum atomic E-state index is 12.9. The second-order valence-electron chi connectivity index (χ2n) is 8.13. The molecule has 0 radical (unpaired) electrons. The number of piperazine rings is 1. The molecule has 1 saturated heterocycles. The molecule has 1 aromatic heterocycles. The molecule has 15 heteroatoms. The molecule has 3 aromatic rings. The zero-order chi connectivity index (χ0) is 26.8. The fraction of sp³-hybridized carbons (Fsp3) is 0.391. The number of nitrogens with zero attached hydrogens (tertiary/aromatic N) is 4. The van der Waals surface area contributed by atoms with Crippen molar-refractivity contribution in [3.05, 3.63) is 47.3 Å². The predicted octanol–water partition coefficient (Wildman–Crippen LogP) is 4.84. The fourth-order valence-electron chi connectivity index (χ4n) is 4.05. The molecule has 38 heavy (non-hydrogen) atoms. The highest BCUT2D eigenvalue weighted by Crippen LogP contribution is 2.30. The van der Waals surface area contributed by atoms with E-state index in [4.69, 9.17) is 4.74 Å². The van der Waals surface area contributed by atoms with E-state index in [-0.39, 0.29) is 28.5 Å². The number of amides is 1. The van der Waals surface area contributed by atoms with Crippen LogP contribution in [0.5, 0.6) is 11.5 Å². The lowest BCUT2D eigenvalue weighted by molar-refractivity contribution is -0.274. The summed E-state index contributed by atoms with van der Waals surface area (Å²) in [5.41, 5.74) is 1.31. The highest BCUT2D eigenvalue weighted by atomic mass is 35.5. The number of carbonyl (C=O) groups is 1. The number of fused-ring (bicyclic) bond motifs is 1. The van der Waals surface area contributed by atoms with Crippen molar-refractivity contribution in [2.75, 3.05) is 44.7 Å². The molecule has 2 aromatic carbocycles. The zero-order valence-electron chi connectivity index (χ0n) is 19.9. The Bertz CT molecular complexity index is 1330. The van der Waals surface area contributed by atoms with Gasteiger partial charge in [-0.05, 0) is 30.3 Å². The van der Waals surface area contributed by atoms with Crippen molar-refractivity contribution >= 4 is 45.6 Å². The van der Waals surface area contributed by atoms with Crippen LogP contribution >= 0.6 is 23.7 Å². The molecular weight excluding hydrogens is 562 g/mol. The van der Waals surface area contributed by atoms with E-state index in [9.17, 15) is 31.1 Å². The first-order chi connectivity index (χ1) is 17.4. The monoisotopic (exact) mass is 584 g/mol. The number of methoxy groups -OCH3 is 1. The summed E-state index contributed by atoms with van der Waals surface area (Å²) in [4.78, 5) is 18.8. The summed E-state index contributed by atoms with van der Waals surface area (Å²) in [6, 6.07) is 11.1. The first-order valence-electron chi connectivity index (χ1n) is 11.1. The second-order valence-corrected chi connectivity index (χ2v) is 9.14. The first kappa shape index (κ1) is 29.6. The molecule has 1 aliphatic heterocycles. The molecule has 7 nitrogen and oxygen atoms in total. The minimum Gasteiger partial charge on any atom is -0.495 e. The van der Waals surface area contributed by atoms with Gasteiger partial charge in [-0.15, -0.1) is 25.6 Å². The number of carbonyl (C=O) groups excluding carboxylic acids is 1. The summed E-state index contributed by atoms with van der Waals surface area (Å²) in [5.74, 6) is -2.05. The average molecular weight is 585 g/mol. The number of alkyl halides is 6. The van der Waals surface area contributed by atoms with E-state index in [0.29, 0.717) is 49.6 Å². The number of para-hydroxylation sites is 2. The third-order valence-corrected chi connectivity index (χ3v) is 6.81. The van der Waals surface area contributed by atoms with Crippen molar-refractivity contribution in [3.63, 3.8) is 0 Å². The molecule has 1 aliphatic rings. The van der Waals surface area contributed by atoms with Gasteiger partial charge < -0.3 is 18.9 Å². The second kappa shape index (κ2) is 11.8. The van der Waals surface area contributed by atoms with Crippen LogP contribution in [0.15, 0.2) is 47.5 Å². The summed E-state index contributed by atoms with van der Waals surface area (Å²) >= 11 is 0.684. The number of anilines is 1. The van der Waals surface area contributed by atoms with Gasteiger partial charge in [-0.3, -0.25) is 9.69 Å². The van der Waals surface area contributed by atoms with Gasteiger partial charge in [-0.2, -0.15) is 18.2 Å². The summed E-state index contributed by atoms with van der Waals surface area (Å²) < 4.78 is 87.4. The minimum atomic E-state index is -5.17. The predicted molar refractivity (Wildman–Crippen MR) is 132 cm³/mol. The molecule has 2 heterocycles. The van der Waals surface area contributed by atoms with Gasteiger partial charge in [-0.25, -0.2) is 0 Å². The van der Waals surface area contributed by atoms with Crippen molar-refractivity contribution in [1.82, 2.24) is 9.47 Å². The van der Waals surface area contributed by atoms with Crippen LogP contribution in [0.4, 0.5) is 32.0 Å². The first-order valence-corrected chi connectivity index (χ1v) is 11.9. The molecule has 1 amide bonds. The Morgan fingerprint density at radius 3 is 2.32 bits per heavy atom. The molecule has 0 N–H and O–H groups in total. The van der Waals surface area contributed by atoms with E-state index < -0.39 is 24.2 Å². The zero-order valence-corrected chi connectivity index (χ0v) is 21.5. The largest absolute Gasteiger partial charge is 0.573 e. The van der Waals surface area contributed by atoms with Crippen LogP contribution in [0, 0.1) is 0 Å². The maximum Gasteiger partial charge on any atom is 0.573 e. The molecular formula is C23H23ClF6N4O3S. The third-order valence-electron chi connectivity index (χ3n) is 5.77. The number of halogens is 7. The smallest absolute Gasteiger partial charge is 0.495 e. The molecule has 0 spiro atoms. The number of ether oxygens (including phenoxy) is 2. The fourth-order valence-corrected chi connectivity index (χ4v) is 5.13. The van der Waals surface area contributed by atoms with Crippen LogP contribution in [0.2, 0.25) is 0 Å². The summed E-state index contributed by atoms with van der Waals surface area (Å²) in [6.45, 7) is 3.32. The van der Waals surface area contributed by atoms with Gasteiger partial charge in [0.05, 0.1) is 23.0 Å². The highest BCUT2D eigenvalue weighted by molar-refractivity contribution is 7.16. The Kier molecular flexibility index (Phi) is 9.21. The quantitative estimate of drug-likeness (QED) is 0.388. The van der Waals surface area contributed by atoms with E-state index in [1.165, 1.54) is 10.6 Å². The van der Waals surface area contributed by atoms with Crippen LogP contribution < -0.4 is 19.2 Å². The van der Waals surface area contributed by atoms with Gasteiger partial charge in [0.15, 0.2) is 4.80 Å². The van der Waals surface area contributed by atoms with Crippen LogP contribution in [0.1, 0.15) is 0 Å². The summed E-state index contributed by atoms with van der Waals surface area (Å²) in [5, 5.41) is 0. The number of hydrogen-bond donors (Lipinski definition) is 0. The van der Waals surface area contributed by atoms with E-state index in [2.05, 4.69) is 19.5 Å². The minimum absolute atomic E-state index is 0. The van der Waals surface area contributed by atoms with E-state index in [1.807, 2.05) is 24.3 Å². The van der Waals surface area contributed by atoms with E-state index >= 15 is 0 Å². The SMILES string of the molecule is COc1ccccc1N1CCN(CCn2c(=NC(=O)C(F)(F)F)sc3cc(OC(F)(F)F)ccc32)CC1.Cl. The van der Waals surface area contributed by atoms with Crippen LogP contribution in [-0.2, 0) is 11.3 Å². The molecule has 0 aliphatic carbocycles. The normalized spacial score (nSPS) is 15.4. The van der Waals surface area contributed by atoms with Crippen molar-refractivity contribution in [1.29, 1.82) is 0 Å². The molecule has 208 valence electrons. The Hall–Kier alpha value is -2.97. The Labute approximate surface area is 223 Å². The number of benzene rings is 2. The standard InChI is InChI=1S/C23H22F6N4O3S.ClH/c1-35-18-5-3-2-4-16(18)32-11-8-31(9-12-32)10-13-33-17-7-6-15(36-23(27,28)29)14-19(17)37-21(33)30-20(34)22(24,25)26;/h2-7,14H,8-13H2,1H3;1H. The van der Waals surface area contributed by atoms with Crippen LogP contribution in [0.3, 0.4) is 0 Å². The summed E-state index contributed by atoms with van der Waals surface area (Å²) in [7, 11) is 1.60. The molecule has 1 fully saturated rings. The van der Waals surface area contributed by atoms with Crippen LogP contribution in [0.25, 0.3) is 10.2 Å². The molecule has 0 atom stereocenters. The van der Waals surface area contributed by atoms with Crippen molar-refractivity contribution in [2.45, 2.75) is 19.1 Å². The van der Waals surface area contributed by atoms with Crippen LogP contribution in [-0.4, -0.2) is 67.7 Å². The third kappa shape index (κ3) is 7.11. The molecule has 0 unspecified atom stereocenters. The van der Waals surface area contributed by atoms with Gasteiger partial charge in [0.2, 0.25) is 0 Å². The Morgan fingerprint density at radius 2 is 1.68 bits per heavy atom. The number of hydrogen-bond acceptors (Lipinski definition) is 6. The van der Waals surface area contributed by atoms with Gasteiger partial charge in [0, 0.05) is 39.3 Å². The summed E-state index contributed by atoms with van der Waals surface area (Å²) in [6.07, 6.45) is -10.1. The molecule has 0 bridgehead atoms. The topological polar surface area (TPSA) is 59.3 Å². The number of aromatic nitrogens is 1. The average Bonchev–Trinajstić information content (AvgIpc) is 3.17. The number of thiazole rings is 1. The number of rotatable bonds is 6. The lowest BCUT2D eigenvalue weighted by Crippen LogP contribution is -2.47. The van der Waals surface area contributed by atoms with Crippen molar-refractivity contribution < 1.29 is 40.6 Å². The van der Waals surface area contributed by atoms with E-state index in [1.54, 1.807) is 7.11 Å². The van der Waals surface area contributed by atoms with Gasteiger partial charge in [-0.1, -0.05) is 23.5 Å². The van der Waals surface area contributed by atoms with Crippen molar-refractivity contribution in [2.24, 2.45) is 4.99 Å². The molecule has 0 saturated carbocycles. The maximum absolute atomic E-state index is 12.9. The molecule has 4 rings (SSSR count). The lowest BCUT2D eigenvalue weighted by Gasteiger charge is -2.36. The van der Waals surface area contributed by atoms with Gasteiger partial charge in [0.1, 0.15) is 11.5 Å².